The molecule has 0 N–H and O–H groups in total. The lowest BCUT2D eigenvalue weighted by Crippen LogP contribution is -2.38. The zero-order valence-electron chi connectivity index (χ0n) is 14.5. The van der Waals surface area contributed by atoms with Crippen molar-refractivity contribution >= 4 is 6.09 Å². The summed E-state index contributed by atoms with van der Waals surface area (Å²) in [6.07, 6.45) is 4.87. The van der Waals surface area contributed by atoms with Crippen LogP contribution in [0, 0.1) is 0 Å². The lowest BCUT2D eigenvalue weighted by atomic mass is 10.1. The van der Waals surface area contributed by atoms with Crippen LogP contribution < -0.4 is 0 Å². The van der Waals surface area contributed by atoms with Crippen LogP contribution in [0.15, 0.2) is 36.7 Å². The summed E-state index contributed by atoms with van der Waals surface area (Å²) in [4.78, 5) is 23.0. The van der Waals surface area contributed by atoms with Gasteiger partial charge in [0.15, 0.2) is 0 Å². The Kier molecular flexibility index (Phi) is 4.51. The van der Waals surface area contributed by atoms with Gasteiger partial charge in [0.25, 0.3) is 0 Å². The number of hydrogen-bond acceptors (Lipinski definition) is 4. The first-order valence-electron chi connectivity index (χ1n) is 8.29. The van der Waals surface area contributed by atoms with E-state index in [4.69, 9.17) is 9.72 Å². The van der Waals surface area contributed by atoms with Crippen molar-refractivity contribution in [1.29, 1.82) is 0 Å². The molecule has 5 nitrogen and oxygen atoms in total. The molecule has 0 unspecified atom stereocenters. The third kappa shape index (κ3) is 3.91. The van der Waals surface area contributed by atoms with Crippen LogP contribution in [0.1, 0.15) is 32.0 Å². The first-order chi connectivity index (χ1) is 11.4. The van der Waals surface area contributed by atoms with Crippen molar-refractivity contribution in [2.24, 2.45) is 0 Å². The molecular formula is C19H23N3O2. The zero-order chi connectivity index (χ0) is 17.2. The standard InChI is InChI=1S/C19H23N3O2/c1-19(2,3)24-18(23)22-11-8-14-6-7-16(21-17(14)9-12-22)15-5-4-10-20-13-15/h4-7,10,13H,8-9,11-12H2,1-3H3. The van der Waals surface area contributed by atoms with Gasteiger partial charge in [0.1, 0.15) is 5.60 Å². The second-order valence-electron chi connectivity index (χ2n) is 7.01. The lowest BCUT2D eigenvalue weighted by molar-refractivity contribution is 0.0258. The van der Waals surface area contributed by atoms with E-state index in [1.165, 1.54) is 5.56 Å². The Labute approximate surface area is 142 Å². The minimum Gasteiger partial charge on any atom is -0.444 e. The smallest absolute Gasteiger partial charge is 0.410 e. The molecule has 0 atom stereocenters. The Balaban J connectivity index is 1.75. The van der Waals surface area contributed by atoms with Gasteiger partial charge in [-0.15, -0.1) is 0 Å². The van der Waals surface area contributed by atoms with E-state index in [9.17, 15) is 4.79 Å². The number of rotatable bonds is 1. The highest BCUT2D eigenvalue weighted by Gasteiger charge is 2.24. The van der Waals surface area contributed by atoms with Gasteiger partial charge in [-0.3, -0.25) is 9.97 Å². The summed E-state index contributed by atoms with van der Waals surface area (Å²) >= 11 is 0. The van der Waals surface area contributed by atoms with Gasteiger partial charge in [0.05, 0.1) is 5.69 Å². The molecule has 2 aromatic heterocycles. The van der Waals surface area contributed by atoms with Crippen LogP contribution in [0.5, 0.6) is 0 Å². The molecule has 3 heterocycles. The van der Waals surface area contributed by atoms with Crippen LogP contribution in [0.3, 0.4) is 0 Å². The van der Waals surface area contributed by atoms with Crippen LogP contribution >= 0.6 is 0 Å². The molecule has 0 fully saturated rings. The molecule has 0 aromatic carbocycles. The van der Waals surface area contributed by atoms with Crippen molar-refractivity contribution in [3.63, 3.8) is 0 Å². The molecule has 0 spiro atoms. The SMILES string of the molecule is CC(C)(C)OC(=O)N1CCc2ccc(-c3cccnc3)nc2CC1. The highest BCUT2D eigenvalue weighted by molar-refractivity contribution is 5.68. The number of pyridine rings is 2. The summed E-state index contributed by atoms with van der Waals surface area (Å²) in [6, 6.07) is 8.06. The Morgan fingerprint density at radius 1 is 1.17 bits per heavy atom. The molecule has 1 aliphatic rings. The molecule has 0 saturated carbocycles. The Morgan fingerprint density at radius 2 is 1.96 bits per heavy atom. The molecule has 1 aliphatic heterocycles. The molecule has 0 aliphatic carbocycles. The molecule has 5 heteroatoms. The number of carbonyl (C=O) groups is 1. The van der Waals surface area contributed by atoms with Crippen LogP contribution in [0.25, 0.3) is 11.3 Å². The van der Waals surface area contributed by atoms with Gasteiger partial charge in [0, 0.05) is 43.2 Å². The minimum absolute atomic E-state index is 0.247. The van der Waals surface area contributed by atoms with Crippen molar-refractivity contribution in [2.75, 3.05) is 13.1 Å². The van der Waals surface area contributed by atoms with Crippen molar-refractivity contribution in [3.8, 4) is 11.3 Å². The second kappa shape index (κ2) is 6.59. The monoisotopic (exact) mass is 325 g/mol. The first kappa shape index (κ1) is 16.4. The number of hydrogen-bond donors (Lipinski definition) is 0. The molecule has 126 valence electrons. The van der Waals surface area contributed by atoms with E-state index in [1.807, 2.05) is 45.2 Å². The third-order valence-corrected chi connectivity index (χ3v) is 3.95. The summed E-state index contributed by atoms with van der Waals surface area (Å²) in [5.41, 5.74) is 3.72. The number of amides is 1. The largest absolute Gasteiger partial charge is 0.444 e. The van der Waals surface area contributed by atoms with E-state index in [-0.39, 0.29) is 6.09 Å². The van der Waals surface area contributed by atoms with Gasteiger partial charge in [0.2, 0.25) is 0 Å². The molecule has 24 heavy (non-hydrogen) atoms. The van der Waals surface area contributed by atoms with Crippen molar-refractivity contribution in [1.82, 2.24) is 14.9 Å². The van der Waals surface area contributed by atoms with E-state index in [2.05, 4.69) is 11.1 Å². The van der Waals surface area contributed by atoms with Crippen molar-refractivity contribution < 1.29 is 9.53 Å². The fourth-order valence-electron chi connectivity index (χ4n) is 2.77. The quantitative estimate of drug-likeness (QED) is 0.805. The topological polar surface area (TPSA) is 55.3 Å². The fraction of sp³-hybridized carbons (Fsp3) is 0.421. The predicted octanol–water partition coefficient (Wildman–Crippen LogP) is 3.48. The number of fused-ring (bicyclic) bond motifs is 1. The predicted molar refractivity (Wildman–Crippen MR) is 92.7 cm³/mol. The molecule has 3 rings (SSSR count). The van der Waals surface area contributed by atoms with Gasteiger partial charge in [-0.25, -0.2) is 4.79 Å². The Hall–Kier alpha value is -2.43. The van der Waals surface area contributed by atoms with Crippen LogP contribution in [0.4, 0.5) is 4.79 Å². The van der Waals surface area contributed by atoms with E-state index < -0.39 is 5.60 Å². The van der Waals surface area contributed by atoms with Crippen LogP contribution in [-0.2, 0) is 17.6 Å². The lowest BCUT2D eigenvalue weighted by Gasteiger charge is -2.26. The minimum atomic E-state index is -0.470. The third-order valence-electron chi connectivity index (χ3n) is 3.95. The molecule has 2 aromatic rings. The summed E-state index contributed by atoms with van der Waals surface area (Å²) in [7, 11) is 0. The van der Waals surface area contributed by atoms with Gasteiger partial charge < -0.3 is 9.64 Å². The number of carbonyl (C=O) groups excluding carboxylic acids is 1. The summed E-state index contributed by atoms with van der Waals surface area (Å²) in [5.74, 6) is 0. The average Bonchev–Trinajstić information content (AvgIpc) is 2.76. The highest BCUT2D eigenvalue weighted by atomic mass is 16.6. The zero-order valence-corrected chi connectivity index (χ0v) is 14.5. The summed E-state index contributed by atoms with van der Waals surface area (Å²) in [6.45, 7) is 6.96. The highest BCUT2D eigenvalue weighted by Crippen LogP contribution is 2.21. The molecule has 0 bridgehead atoms. The fourth-order valence-corrected chi connectivity index (χ4v) is 2.77. The summed E-state index contributed by atoms with van der Waals surface area (Å²) < 4.78 is 5.48. The maximum absolute atomic E-state index is 12.3. The first-order valence-corrected chi connectivity index (χ1v) is 8.29. The number of aromatic nitrogens is 2. The van der Waals surface area contributed by atoms with Crippen molar-refractivity contribution in [2.45, 2.75) is 39.2 Å². The normalized spacial score (nSPS) is 14.7. The molecule has 0 saturated heterocycles. The molecule has 1 amide bonds. The Morgan fingerprint density at radius 3 is 2.67 bits per heavy atom. The number of ether oxygens (including phenoxy) is 1. The second-order valence-corrected chi connectivity index (χ2v) is 7.01. The van der Waals surface area contributed by atoms with E-state index >= 15 is 0 Å². The summed E-state index contributed by atoms with van der Waals surface area (Å²) in [5, 5.41) is 0. The van der Waals surface area contributed by atoms with Gasteiger partial charge in [-0.1, -0.05) is 6.07 Å². The molecule has 0 radical (unpaired) electrons. The molecular weight excluding hydrogens is 302 g/mol. The van der Waals surface area contributed by atoms with E-state index in [1.54, 1.807) is 11.1 Å². The van der Waals surface area contributed by atoms with E-state index in [0.717, 1.165) is 29.8 Å². The van der Waals surface area contributed by atoms with E-state index in [0.29, 0.717) is 13.1 Å². The maximum Gasteiger partial charge on any atom is 0.410 e. The van der Waals surface area contributed by atoms with Crippen LogP contribution in [0.2, 0.25) is 0 Å². The van der Waals surface area contributed by atoms with Crippen molar-refractivity contribution in [3.05, 3.63) is 47.9 Å². The Bertz CT molecular complexity index is 723. The van der Waals surface area contributed by atoms with Gasteiger partial charge in [-0.2, -0.15) is 0 Å². The maximum atomic E-state index is 12.3. The average molecular weight is 325 g/mol. The van der Waals surface area contributed by atoms with Gasteiger partial charge in [-0.05, 0) is 51.0 Å². The van der Waals surface area contributed by atoms with Gasteiger partial charge >= 0.3 is 6.09 Å². The van der Waals surface area contributed by atoms with Crippen LogP contribution in [-0.4, -0.2) is 39.7 Å². The number of nitrogens with zero attached hydrogens (tertiary/aromatic N) is 3.